The summed E-state index contributed by atoms with van der Waals surface area (Å²) in [5.74, 6) is -1.38. The Bertz CT molecular complexity index is 1610. The van der Waals surface area contributed by atoms with Gasteiger partial charge in [-0.15, -0.1) is 0 Å². The third-order valence-electron chi connectivity index (χ3n) is 10.5. The predicted molar refractivity (Wildman–Crippen MR) is 253 cm³/mol. The third kappa shape index (κ3) is 32.0. The van der Waals surface area contributed by atoms with Crippen LogP contribution in [-0.4, -0.2) is 125 Å². The van der Waals surface area contributed by atoms with Crippen LogP contribution in [0.15, 0.2) is 72.9 Å². The standard InChI is InChI=1S/C47H80O18P2/c1-3-5-7-8-9-10-11-12-13-14-15-20-28-34-41(51)63-39(36-62-67(59,60)65-47-44(54)42(52)43(53)46(45(47)55)64-66(56,57)58)35-61-40(50)33-27-19-17-16-18-24-30-38(49)32-26-22-21-25-31-37(48)29-23-6-4-2/h6,17-19,21-26,31-32,37-39,42-49,52-55H,3-5,7-16,20,27-30,33-36H2,1-2H3,(H,59,60)(H2,56,57,58)/b19-17-,22-21-,23-6-,24-18-,31-25+,32-26+/t37-,38+,39-,42?,43?,44?,45?,46-,47+/m1/s1. The minimum Gasteiger partial charge on any atom is -0.462 e. The van der Waals surface area contributed by atoms with Gasteiger partial charge in [0.25, 0.3) is 0 Å². The molecule has 386 valence electrons. The molecule has 9 N–H and O–H groups in total. The van der Waals surface area contributed by atoms with Gasteiger partial charge in [0, 0.05) is 12.8 Å². The van der Waals surface area contributed by atoms with E-state index in [1.54, 1.807) is 42.5 Å². The minimum absolute atomic E-state index is 0.00539. The molecule has 0 saturated heterocycles. The first-order valence-corrected chi connectivity index (χ1v) is 26.7. The number of carbonyl (C=O) groups is 2. The fourth-order valence-electron chi connectivity index (χ4n) is 6.76. The summed E-state index contributed by atoms with van der Waals surface area (Å²) in [6.45, 7) is 2.76. The van der Waals surface area contributed by atoms with E-state index in [0.29, 0.717) is 32.1 Å². The van der Waals surface area contributed by atoms with Crippen LogP contribution in [0.5, 0.6) is 0 Å². The maximum Gasteiger partial charge on any atom is 0.472 e. The molecule has 10 atom stereocenters. The van der Waals surface area contributed by atoms with Crippen molar-refractivity contribution >= 4 is 27.6 Å². The zero-order valence-corrected chi connectivity index (χ0v) is 41.1. The van der Waals surface area contributed by atoms with Crippen LogP contribution in [-0.2, 0) is 41.8 Å². The molecule has 1 aliphatic carbocycles. The first-order chi connectivity index (χ1) is 31.9. The smallest absolute Gasteiger partial charge is 0.462 e. The summed E-state index contributed by atoms with van der Waals surface area (Å²) >= 11 is 0. The van der Waals surface area contributed by atoms with Crippen LogP contribution in [0.25, 0.3) is 0 Å². The molecule has 0 bridgehead atoms. The van der Waals surface area contributed by atoms with E-state index in [1.807, 2.05) is 37.3 Å². The normalized spacial score (nSPS) is 23.0. The fraction of sp³-hybridized carbons (Fsp3) is 0.702. The minimum atomic E-state index is -5.39. The topological polar surface area (TPSA) is 296 Å². The highest BCUT2D eigenvalue weighted by Gasteiger charge is 2.54. The largest absolute Gasteiger partial charge is 0.472 e. The van der Waals surface area contributed by atoms with Gasteiger partial charge >= 0.3 is 27.6 Å². The summed E-state index contributed by atoms with van der Waals surface area (Å²) in [5, 5.41) is 61.2. The van der Waals surface area contributed by atoms with Crippen molar-refractivity contribution in [2.75, 3.05) is 13.2 Å². The summed E-state index contributed by atoms with van der Waals surface area (Å²) in [6, 6.07) is 0. The van der Waals surface area contributed by atoms with Crippen molar-refractivity contribution in [3.63, 3.8) is 0 Å². The van der Waals surface area contributed by atoms with Gasteiger partial charge in [-0.2, -0.15) is 0 Å². The second-order valence-corrected chi connectivity index (χ2v) is 19.1. The lowest BCUT2D eigenvalue weighted by atomic mass is 9.85. The number of ether oxygens (including phenoxy) is 2. The van der Waals surface area contributed by atoms with Crippen LogP contribution in [0.3, 0.4) is 0 Å². The molecule has 18 nitrogen and oxygen atoms in total. The lowest BCUT2D eigenvalue weighted by Crippen LogP contribution is -2.64. The van der Waals surface area contributed by atoms with Crippen molar-refractivity contribution < 1.29 is 87.1 Å². The molecule has 1 aliphatic rings. The average molecular weight is 995 g/mol. The van der Waals surface area contributed by atoms with Crippen LogP contribution >= 0.6 is 15.6 Å². The SMILES string of the molecule is CC/C=C\C[C@@H](O)/C=C/C=C\C=C\[C@@H](O)C/C=C\C/C=C\CCC(=O)OC[C@H](COP(=O)(O)O[C@H]1C(O)C(O)C(O)[C@@H](OP(=O)(O)O)C1O)OC(=O)CCCCCCCCCCCCCCC. The summed E-state index contributed by atoms with van der Waals surface area (Å²) in [4.78, 5) is 54.2. The molecule has 0 aromatic carbocycles. The van der Waals surface area contributed by atoms with Gasteiger partial charge in [-0.05, 0) is 38.5 Å². The molecule has 1 fully saturated rings. The van der Waals surface area contributed by atoms with Gasteiger partial charge in [-0.25, -0.2) is 9.13 Å². The van der Waals surface area contributed by atoms with Gasteiger partial charge in [0.2, 0.25) is 0 Å². The van der Waals surface area contributed by atoms with Crippen LogP contribution in [0.2, 0.25) is 0 Å². The molecule has 0 aliphatic heterocycles. The zero-order valence-electron chi connectivity index (χ0n) is 39.3. The first kappa shape index (κ1) is 62.4. The number of phosphoric ester groups is 2. The fourth-order valence-corrected chi connectivity index (χ4v) is 8.29. The van der Waals surface area contributed by atoms with E-state index < -0.39 is 95.7 Å². The van der Waals surface area contributed by atoms with Crippen LogP contribution in [0.1, 0.15) is 142 Å². The van der Waals surface area contributed by atoms with Crippen LogP contribution < -0.4 is 0 Å². The number of hydrogen-bond acceptors (Lipinski definition) is 15. The van der Waals surface area contributed by atoms with E-state index in [-0.39, 0.29) is 12.8 Å². The van der Waals surface area contributed by atoms with E-state index in [9.17, 15) is 54.3 Å². The Morgan fingerprint density at radius 1 is 0.567 bits per heavy atom. The van der Waals surface area contributed by atoms with E-state index >= 15 is 0 Å². The second kappa shape index (κ2) is 37.2. The summed E-state index contributed by atoms with van der Waals surface area (Å²) in [6.07, 6.45) is 22.2. The lowest BCUT2D eigenvalue weighted by molar-refractivity contribution is -0.216. The highest BCUT2D eigenvalue weighted by molar-refractivity contribution is 7.47. The molecule has 0 spiro atoms. The number of rotatable bonds is 38. The Morgan fingerprint density at radius 2 is 1.07 bits per heavy atom. The van der Waals surface area contributed by atoms with Crippen molar-refractivity contribution in [3.8, 4) is 0 Å². The van der Waals surface area contributed by atoms with Crippen molar-refractivity contribution in [1.82, 2.24) is 0 Å². The highest BCUT2D eigenvalue weighted by atomic mass is 31.2. The average Bonchev–Trinajstić information content (AvgIpc) is 3.27. The lowest BCUT2D eigenvalue weighted by Gasteiger charge is -2.43. The van der Waals surface area contributed by atoms with Gasteiger partial charge in [0.15, 0.2) is 6.10 Å². The summed E-state index contributed by atoms with van der Waals surface area (Å²) in [7, 11) is -10.7. The monoisotopic (exact) mass is 994 g/mol. The number of allylic oxidation sites excluding steroid dienone is 8. The Labute approximate surface area is 397 Å². The molecule has 0 aromatic rings. The molecule has 0 amide bonds. The third-order valence-corrected chi connectivity index (χ3v) is 12.0. The number of unbranched alkanes of at least 4 members (excludes halogenated alkanes) is 12. The van der Waals surface area contributed by atoms with Crippen molar-refractivity contribution in [3.05, 3.63) is 72.9 Å². The summed E-state index contributed by atoms with van der Waals surface area (Å²) in [5.41, 5.74) is 0. The number of phosphoric acid groups is 2. The first-order valence-electron chi connectivity index (χ1n) is 23.7. The molecular weight excluding hydrogens is 914 g/mol. The van der Waals surface area contributed by atoms with Gasteiger partial charge in [0.05, 0.1) is 18.8 Å². The molecule has 0 aromatic heterocycles. The Kier molecular flexibility index (Phi) is 34.7. The molecule has 1 saturated carbocycles. The van der Waals surface area contributed by atoms with E-state index in [2.05, 4.69) is 11.4 Å². The molecule has 1 rings (SSSR count). The van der Waals surface area contributed by atoms with Gasteiger partial charge in [0.1, 0.15) is 43.2 Å². The molecular formula is C47H80O18P2. The molecule has 0 heterocycles. The van der Waals surface area contributed by atoms with E-state index in [0.717, 1.165) is 32.1 Å². The zero-order chi connectivity index (χ0) is 49.9. The maximum absolute atomic E-state index is 13.0. The Morgan fingerprint density at radius 3 is 1.61 bits per heavy atom. The van der Waals surface area contributed by atoms with Crippen molar-refractivity contribution in [1.29, 1.82) is 0 Å². The number of aliphatic hydroxyl groups excluding tert-OH is 6. The van der Waals surface area contributed by atoms with Gasteiger partial charge < -0.3 is 54.8 Å². The number of aliphatic hydroxyl groups is 6. The van der Waals surface area contributed by atoms with E-state index in [1.165, 1.54) is 51.4 Å². The molecule has 20 heteroatoms. The Balaban J connectivity index is 2.68. The number of carbonyl (C=O) groups excluding carboxylic acids is 2. The van der Waals surface area contributed by atoms with Gasteiger partial charge in [-0.3, -0.25) is 23.2 Å². The maximum atomic E-state index is 13.0. The second-order valence-electron chi connectivity index (χ2n) is 16.5. The molecule has 67 heavy (non-hydrogen) atoms. The number of hydrogen-bond donors (Lipinski definition) is 9. The van der Waals surface area contributed by atoms with Crippen molar-refractivity contribution in [2.45, 2.75) is 197 Å². The van der Waals surface area contributed by atoms with Crippen LogP contribution in [0, 0.1) is 0 Å². The van der Waals surface area contributed by atoms with Crippen molar-refractivity contribution in [2.24, 2.45) is 0 Å². The molecule has 0 radical (unpaired) electrons. The molecule has 5 unspecified atom stereocenters. The van der Waals surface area contributed by atoms with Crippen LogP contribution in [0.4, 0.5) is 0 Å². The predicted octanol–water partition coefficient (Wildman–Crippen LogP) is 6.78. The van der Waals surface area contributed by atoms with Gasteiger partial charge in [-0.1, -0.05) is 164 Å². The Hall–Kier alpha value is -2.64. The highest BCUT2D eigenvalue weighted by Crippen LogP contribution is 2.49. The quantitative estimate of drug-likeness (QED) is 0.0101. The summed E-state index contributed by atoms with van der Waals surface area (Å²) < 4.78 is 49.2. The van der Waals surface area contributed by atoms with E-state index in [4.69, 9.17) is 28.3 Å². The number of esters is 2.